The van der Waals surface area contributed by atoms with Gasteiger partial charge in [-0.25, -0.2) is 13.6 Å². The fraction of sp³-hybridized carbons (Fsp3) is 0.222. The van der Waals surface area contributed by atoms with E-state index in [1.165, 1.54) is 11.0 Å². The van der Waals surface area contributed by atoms with Crippen molar-refractivity contribution in [3.63, 3.8) is 0 Å². The molecule has 2 aromatic carbocycles. The molecule has 0 fully saturated rings. The number of hydrogen-bond donors (Lipinski definition) is 0. The third-order valence-electron chi connectivity index (χ3n) is 3.82. The predicted octanol–water partition coefficient (Wildman–Crippen LogP) is 4.69. The molecular formula is C18H15BrF2N2O2. The van der Waals surface area contributed by atoms with Crippen LogP contribution in [-0.2, 0) is 4.74 Å². The normalized spacial score (nSPS) is 16.7. The molecule has 1 aliphatic rings. The highest BCUT2D eigenvalue weighted by atomic mass is 79.9. The van der Waals surface area contributed by atoms with Crippen LogP contribution < -0.4 is 0 Å². The van der Waals surface area contributed by atoms with Gasteiger partial charge in [0.2, 0.25) is 0 Å². The van der Waals surface area contributed by atoms with Gasteiger partial charge in [0, 0.05) is 4.47 Å². The van der Waals surface area contributed by atoms with E-state index < -0.39 is 23.8 Å². The van der Waals surface area contributed by atoms with E-state index >= 15 is 0 Å². The van der Waals surface area contributed by atoms with Crippen LogP contribution in [0, 0.1) is 11.6 Å². The van der Waals surface area contributed by atoms with Crippen LogP contribution in [0.2, 0.25) is 0 Å². The minimum Gasteiger partial charge on any atom is -0.449 e. The summed E-state index contributed by atoms with van der Waals surface area (Å²) in [7, 11) is 0. The average Bonchev–Trinajstić information content (AvgIpc) is 3.00. The molecule has 1 aliphatic heterocycles. The van der Waals surface area contributed by atoms with Gasteiger partial charge < -0.3 is 4.74 Å². The molecule has 7 heteroatoms. The Morgan fingerprint density at radius 3 is 2.48 bits per heavy atom. The van der Waals surface area contributed by atoms with E-state index in [0.717, 1.165) is 22.2 Å². The molecule has 1 heterocycles. The lowest BCUT2D eigenvalue weighted by Crippen LogP contribution is -2.36. The highest BCUT2D eigenvalue weighted by Gasteiger charge is 2.35. The van der Waals surface area contributed by atoms with Crippen molar-refractivity contribution in [2.75, 3.05) is 13.2 Å². The fourth-order valence-electron chi connectivity index (χ4n) is 2.66. The SMILES string of the molecule is CCOC(=O)N1CC(c2ccc(Br)cc2)N=C1c1c(F)cccc1F. The molecule has 1 unspecified atom stereocenters. The number of ether oxygens (including phenoxy) is 1. The standard InChI is InChI=1S/C18H15BrF2N2O2/c1-2-25-18(24)23-10-15(11-6-8-12(19)9-7-11)22-17(23)16-13(20)4-3-5-14(16)21/h3-9,15H,2,10H2,1H3. The summed E-state index contributed by atoms with van der Waals surface area (Å²) >= 11 is 3.36. The van der Waals surface area contributed by atoms with Crippen molar-refractivity contribution in [2.24, 2.45) is 4.99 Å². The fourth-order valence-corrected chi connectivity index (χ4v) is 2.92. The summed E-state index contributed by atoms with van der Waals surface area (Å²) in [6.45, 7) is 1.98. The Bertz CT molecular complexity index is 804. The largest absolute Gasteiger partial charge is 0.449 e. The molecular weight excluding hydrogens is 394 g/mol. The number of halogens is 3. The first-order valence-corrected chi connectivity index (χ1v) is 8.52. The van der Waals surface area contributed by atoms with Crippen LogP contribution in [0.1, 0.15) is 24.1 Å². The lowest BCUT2D eigenvalue weighted by Gasteiger charge is -2.19. The van der Waals surface area contributed by atoms with Crippen molar-refractivity contribution in [3.05, 3.63) is 69.7 Å². The molecule has 1 amide bonds. The zero-order chi connectivity index (χ0) is 18.0. The maximum atomic E-state index is 14.2. The molecule has 4 nitrogen and oxygen atoms in total. The summed E-state index contributed by atoms with van der Waals surface area (Å²) in [6, 6.07) is 10.5. The molecule has 1 atom stereocenters. The van der Waals surface area contributed by atoms with Gasteiger partial charge in [0.25, 0.3) is 0 Å². The minimum absolute atomic E-state index is 0.0537. The van der Waals surface area contributed by atoms with Crippen LogP contribution >= 0.6 is 15.9 Å². The summed E-state index contributed by atoms with van der Waals surface area (Å²) in [5.74, 6) is -1.60. The molecule has 0 aromatic heterocycles. The minimum atomic E-state index is -0.774. The molecule has 0 radical (unpaired) electrons. The zero-order valence-corrected chi connectivity index (χ0v) is 15.0. The van der Waals surface area contributed by atoms with E-state index in [1.807, 2.05) is 24.3 Å². The van der Waals surface area contributed by atoms with E-state index in [-0.39, 0.29) is 24.6 Å². The first-order chi connectivity index (χ1) is 12.0. The summed E-state index contributed by atoms with van der Waals surface area (Å²) in [4.78, 5) is 17.8. The van der Waals surface area contributed by atoms with Gasteiger partial charge in [0.15, 0.2) is 0 Å². The number of aliphatic imine (C=N–C) groups is 1. The van der Waals surface area contributed by atoms with Crippen molar-refractivity contribution in [1.29, 1.82) is 0 Å². The highest BCUT2D eigenvalue weighted by Crippen LogP contribution is 2.30. The smallest absolute Gasteiger partial charge is 0.415 e. The predicted molar refractivity (Wildman–Crippen MR) is 93.5 cm³/mol. The number of benzene rings is 2. The Hall–Kier alpha value is -2.28. The lowest BCUT2D eigenvalue weighted by molar-refractivity contribution is 0.129. The van der Waals surface area contributed by atoms with Crippen molar-refractivity contribution in [2.45, 2.75) is 13.0 Å². The van der Waals surface area contributed by atoms with Crippen LogP contribution in [0.15, 0.2) is 51.9 Å². The van der Waals surface area contributed by atoms with Gasteiger partial charge in [0.1, 0.15) is 17.5 Å². The highest BCUT2D eigenvalue weighted by molar-refractivity contribution is 9.10. The van der Waals surface area contributed by atoms with Gasteiger partial charge in [0.05, 0.1) is 24.8 Å². The van der Waals surface area contributed by atoms with Gasteiger partial charge in [-0.15, -0.1) is 0 Å². The summed E-state index contributed by atoms with van der Waals surface area (Å²) < 4.78 is 34.3. The molecule has 2 aromatic rings. The van der Waals surface area contributed by atoms with Crippen LogP contribution in [0.4, 0.5) is 13.6 Å². The van der Waals surface area contributed by atoms with E-state index in [4.69, 9.17) is 4.74 Å². The lowest BCUT2D eigenvalue weighted by atomic mass is 10.1. The van der Waals surface area contributed by atoms with E-state index in [1.54, 1.807) is 6.92 Å². The van der Waals surface area contributed by atoms with Gasteiger partial charge >= 0.3 is 6.09 Å². The Labute approximate surface area is 152 Å². The van der Waals surface area contributed by atoms with Crippen molar-refractivity contribution < 1.29 is 18.3 Å². The Kier molecular flexibility index (Phi) is 5.13. The number of rotatable bonds is 3. The molecule has 130 valence electrons. The number of amides is 1. The molecule has 0 N–H and O–H groups in total. The van der Waals surface area contributed by atoms with Crippen LogP contribution in [0.25, 0.3) is 0 Å². The summed E-state index contributed by atoms with van der Waals surface area (Å²) in [5, 5.41) is 0. The number of amidine groups is 1. The number of hydrogen-bond acceptors (Lipinski definition) is 3. The first kappa shape index (κ1) is 17.5. The Morgan fingerprint density at radius 1 is 1.24 bits per heavy atom. The van der Waals surface area contributed by atoms with E-state index in [9.17, 15) is 13.6 Å². The molecule has 0 bridgehead atoms. The average molecular weight is 409 g/mol. The number of nitrogens with zero attached hydrogens (tertiary/aromatic N) is 2. The first-order valence-electron chi connectivity index (χ1n) is 7.73. The van der Waals surface area contributed by atoms with E-state index in [0.29, 0.717) is 0 Å². The van der Waals surface area contributed by atoms with Crippen molar-refractivity contribution >= 4 is 27.9 Å². The molecule has 0 saturated carbocycles. The maximum Gasteiger partial charge on any atom is 0.415 e. The van der Waals surface area contributed by atoms with Crippen molar-refractivity contribution in [3.8, 4) is 0 Å². The monoisotopic (exact) mass is 408 g/mol. The molecule has 3 rings (SSSR count). The second-order valence-electron chi connectivity index (χ2n) is 5.43. The molecule has 25 heavy (non-hydrogen) atoms. The van der Waals surface area contributed by atoms with Gasteiger partial charge in [-0.3, -0.25) is 9.89 Å². The molecule has 0 aliphatic carbocycles. The molecule has 0 saturated heterocycles. The third kappa shape index (κ3) is 3.56. The van der Waals surface area contributed by atoms with Gasteiger partial charge in [-0.1, -0.05) is 34.1 Å². The summed E-state index contributed by atoms with van der Waals surface area (Å²) in [5.41, 5.74) is 0.513. The quantitative estimate of drug-likeness (QED) is 0.739. The number of carbonyl (C=O) groups excluding carboxylic acids is 1. The third-order valence-corrected chi connectivity index (χ3v) is 4.35. The zero-order valence-electron chi connectivity index (χ0n) is 13.4. The van der Waals surface area contributed by atoms with Crippen molar-refractivity contribution in [1.82, 2.24) is 4.90 Å². The van der Waals surface area contributed by atoms with Gasteiger partial charge in [-0.2, -0.15) is 0 Å². The van der Waals surface area contributed by atoms with Crippen LogP contribution in [0.5, 0.6) is 0 Å². The number of carbonyl (C=O) groups is 1. The van der Waals surface area contributed by atoms with Gasteiger partial charge in [-0.05, 0) is 36.8 Å². The topological polar surface area (TPSA) is 41.9 Å². The Balaban J connectivity index is 2.04. The second-order valence-corrected chi connectivity index (χ2v) is 6.34. The maximum absolute atomic E-state index is 14.2. The van der Waals surface area contributed by atoms with Crippen LogP contribution in [0.3, 0.4) is 0 Å². The van der Waals surface area contributed by atoms with Crippen LogP contribution in [-0.4, -0.2) is 30.0 Å². The second kappa shape index (κ2) is 7.31. The summed E-state index contributed by atoms with van der Waals surface area (Å²) in [6.07, 6.45) is -0.677. The molecule has 0 spiro atoms. The Morgan fingerprint density at radius 2 is 1.88 bits per heavy atom. The van der Waals surface area contributed by atoms with E-state index in [2.05, 4.69) is 20.9 Å².